The number of hydrogen-bond donors (Lipinski definition) is 2. The SMILES string of the molecule is Nc1cc(C(=O)O)nc2ccc(Cl)cc12. The first kappa shape index (κ1) is 9.73. The molecular weight excluding hydrogens is 216 g/mol. The molecule has 0 unspecified atom stereocenters. The average molecular weight is 223 g/mol. The first-order valence-corrected chi connectivity index (χ1v) is 4.55. The molecule has 76 valence electrons. The maximum atomic E-state index is 10.7. The molecular formula is C10H7ClN2O2. The van der Waals surface area contributed by atoms with Gasteiger partial charge >= 0.3 is 5.97 Å². The predicted octanol–water partition coefficient (Wildman–Crippen LogP) is 2.17. The largest absolute Gasteiger partial charge is 0.477 e. The van der Waals surface area contributed by atoms with E-state index in [0.717, 1.165) is 0 Å². The molecule has 15 heavy (non-hydrogen) atoms. The van der Waals surface area contributed by atoms with E-state index < -0.39 is 5.97 Å². The highest BCUT2D eigenvalue weighted by Gasteiger charge is 2.09. The molecule has 0 saturated carbocycles. The number of carbonyl (C=O) groups is 1. The van der Waals surface area contributed by atoms with Gasteiger partial charge in [0.2, 0.25) is 0 Å². The van der Waals surface area contributed by atoms with Crippen LogP contribution in [0.2, 0.25) is 5.02 Å². The maximum absolute atomic E-state index is 10.7. The molecule has 0 aliphatic rings. The van der Waals surface area contributed by atoms with Gasteiger partial charge in [-0.05, 0) is 24.3 Å². The third-order valence-corrected chi connectivity index (χ3v) is 2.26. The van der Waals surface area contributed by atoms with Gasteiger partial charge in [0.15, 0.2) is 5.69 Å². The van der Waals surface area contributed by atoms with E-state index in [1.54, 1.807) is 18.2 Å². The monoisotopic (exact) mass is 222 g/mol. The molecule has 3 N–H and O–H groups in total. The lowest BCUT2D eigenvalue weighted by Gasteiger charge is -2.03. The molecule has 0 aliphatic heterocycles. The fourth-order valence-corrected chi connectivity index (χ4v) is 1.51. The van der Waals surface area contributed by atoms with Crippen molar-refractivity contribution in [1.29, 1.82) is 0 Å². The van der Waals surface area contributed by atoms with E-state index in [-0.39, 0.29) is 5.69 Å². The molecule has 5 heteroatoms. The van der Waals surface area contributed by atoms with Crippen LogP contribution in [0, 0.1) is 0 Å². The number of nitrogens with zero attached hydrogens (tertiary/aromatic N) is 1. The molecule has 4 nitrogen and oxygen atoms in total. The highest BCUT2D eigenvalue weighted by atomic mass is 35.5. The van der Waals surface area contributed by atoms with Gasteiger partial charge < -0.3 is 10.8 Å². The number of nitrogens with two attached hydrogens (primary N) is 1. The number of fused-ring (bicyclic) bond motifs is 1. The van der Waals surface area contributed by atoms with Gasteiger partial charge in [0.1, 0.15) is 0 Å². The van der Waals surface area contributed by atoms with Crippen molar-refractivity contribution in [2.24, 2.45) is 0 Å². The van der Waals surface area contributed by atoms with Gasteiger partial charge in [-0.3, -0.25) is 0 Å². The van der Waals surface area contributed by atoms with Gasteiger partial charge in [-0.2, -0.15) is 0 Å². The second-order valence-electron chi connectivity index (χ2n) is 3.06. The van der Waals surface area contributed by atoms with Crippen LogP contribution in [0.25, 0.3) is 10.9 Å². The van der Waals surface area contributed by atoms with Crippen molar-refractivity contribution in [1.82, 2.24) is 4.98 Å². The molecule has 2 rings (SSSR count). The summed E-state index contributed by atoms with van der Waals surface area (Å²) in [5.41, 5.74) is 6.52. The molecule has 1 aromatic heterocycles. The molecule has 0 fully saturated rings. The summed E-state index contributed by atoms with van der Waals surface area (Å²) in [6.07, 6.45) is 0. The van der Waals surface area contributed by atoms with Crippen LogP contribution in [0.15, 0.2) is 24.3 Å². The molecule has 0 bridgehead atoms. The van der Waals surface area contributed by atoms with Crippen LogP contribution in [0.5, 0.6) is 0 Å². The molecule has 1 heterocycles. The summed E-state index contributed by atoms with van der Waals surface area (Å²) >= 11 is 5.79. The quantitative estimate of drug-likeness (QED) is 0.775. The van der Waals surface area contributed by atoms with Crippen molar-refractivity contribution < 1.29 is 9.90 Å². The Morgan fingerprint density at radius 2 is 2.13 bits per heavy atom. The predicted molar refractivity (Wildman–Crippen MR) is 58.1 cm³/mol. The van der Waals surface area contributed by atoms with E-state index in [4.69, 9.17) is 22.4 Å². The smallest absolute Gasteiger partial charge is 0.354 e. The first-order valence-electron chi connectivity index (χ1n) is 4.17. The second kappa shape index (κ2) is 3.40. The lowest BCUT2D eigenvalue weighted by Crippen LogP contribution is -2.02. The Morgan fingerprint density at radius 3 is 2.80 bits per heavy atom. The number of halogens is 1. The van der Waals surface area contributed by atoms with Crippen molar-refractivity contribution >= 4 is 34.2 Å². The van der Waals surface area contributed by atoms with Crippen molar-refractivity contribution in [3.05, 3.63) is 35.0 Å². The summed E-state index contributed by atoms with van der Waals surface area (Å²) in [5.74, 6) is -1.10. The normalized spacial score (nSPS) is 10.5. The van der Waals surface area contributed by atoms with Gasteiger partial charge in [0.25, 0.3) is 0 Å². The summed E-state index contributed by atoms with van der Waals surface area (Å²) < 4.78 is 0. The molecule has 1 aromatic carbocycles. The number of carboxylic acid groups (broad SMARTS) is 1. The molecule has 0 spiro atoms. The third kappa shape index (κ3) is 1.71. The van der Waals surface area contributed by atoms with Crippen LogP contribution < -0.4 is 5.73 Å². The second-order valence-corrected chi connectivity index (χ2v) is 3.50. The molecule has 0 radical (unpaired) electrons. The minimum absolute atomic E-state index is 0.0673. The Morgan fingerprint density at radius 1 is 1.40 bits per heavy atom. The van der Waals surface area contributed by atoms with E-state index >= 15 is 0 Å². The summed E-state index contributed by atoms with van der Waals surface area (Å²) in [5, 5.41) is 9.98. The molecule has 0 amide bonds. The Kier molecular flexibility index (Phi) is 2.21. The number of nitrogen functional groups attached to an aromatic ring is 1. The topological polar surface area (TPSA) is 76.2 Å². The number of anilines is 1. The highest BCUT2D eigenvalue weighted by molar-refractivity contribution is 6.31. The zero-order valence-electron chi connectivity index (χ0n) is 7.57. The van der Waals surface area contributed by atoms with Gasteiger partial charge in [-0.1, -0.05) is 11.6 Å². The lowest BCUT2D eigenvalue weighted by molar-refractivity contribution is 0.0691. The van der Waals surface area contributed by atoms with Crippen molar-refractivity contribution in [2.45, 2.75) is 0 Å². The number of benzene rings is 1. The van der Waals surface area contributed by atoms with Crippen molar-refractivity contribution in [2.75, 3.05) is 5.73 Å². The standard InChI is InChI=1S/C10H7ClN2O2/c11-5-1-2-8-6(3-5)7(12)4-9(13-8)10(14)15/h1-4H,(H2,12,13)(H,14,15). The van der Waals surface area contributed by atoms with Crippen LogP contribution in [0.3, 0.4) is 0 Å². The number of hydrogen-bond acceptors (Lipinski definition) is 3. The van der Waals surface area contributed by atoms with E-state index in [1.807, 2.05) is 0 Å². The van der Waals surface area contributed by atoms with Crippen LogP contribution >= 0.6 is 11.6 Å². The number of aromatic nitrogens is 1. The molecule has 0 atom stereocenters. The zero-order valence-corrected chi connectivity index (χ0v) is 8.32. The van der Waals surface area contributed by atoms with Crippen LogP contribution in [0.4, 0.5) is 5.69 Å². The minimum Gasteiger partial charge on any atom is -0.477 e. The number of carboxylic acids is 1. The Bertz CT molecular complexity index is 554. The lowest BCUT2D eigenvalue weighted by atomic mass is 10.1. The summed E-state index contributed by atoms with van der Waals surface area (Å²) in [4.78, 5) is 14.7. The van der Waals surface area contributed by atoms with Gasteiger partial charge in [-0.25, -0.2) is 9.78 Å². The number of aromatic carboxylic acids is 1. The summed E-state index contributed by atoms with van der Waals surface area (Å²) in [6.45, 7) is 0. The Balaban J connectivity index is 2.78. The van der Waals surface area contributed by atoms with Gasteiger partial charge in [-0.15, -0.1) is 0 Å². The minimum atomic E-state index is -1.10. The fraction of sp³-hybridized carbons (Fsp3) is 0. The molecule has 0 saturated heterocycles. The summed E-state index contributed by atoms with van der Waals surface area (Å²) in [6, 6.07) is 6.26. The van der Waals surface area contributed by atoms with Crippen molar-refractivity contribution in [3.8, 4) is 0 Å². The van der Waals surface area contributed by atoms with Crippen LogP contribution in [-0.2, 0) is 0 Å². The number of rotatable bonds is 1. The summed E-state index contributed by atoms with van der Waals surface area (Å²) in [7, 11) is 0. The van der Waals surface area contributed by atoms with E-state index in [2.05, 4.69) is 4.98 Å². The third-order valence-electron chi connectivity index (χ3n) is 2.02. The first-order chi connectivity index (χ1) is 7.08. The van der Waals surface area contributed by atoms with Crippen molar-refractivity contribution in [3.63, 3.8) is 0 Å². The Hall–Kier alpha value is -1.81. The van der Waals surface area contributed by atoms with Gasteiger partial charge in [0.05, 0.1) is 5.52 Å². The maximum Gasteiger partial charge on any atom is 0.354 e. The zero-order chi connectivity index (χ0) is 11.0. The van der Waals surface area contributed by atoms with Crippen LogP contribution in [0.1, 0.15) is 10.5 Å². The number of pyridine rings is 1. The molecule has 0 aliphatic carbocycles. The molecule has 2 aromatic rings. The van der Waals surface area contributed by atoms with Crippen LogP contribution in [-0.4, -0.2) is 16.1 Å². The highest BCUT2D eigenvalue weighted by Crippen LogP contribution is 2.23. The van der Waals surface area contributed by atoms with E-state index in [0.29, 0.717) is 21.6 Å². The Labute approximate surface area is 90.3 Å². The average Bonchev–Trinajstić information content (AvgIpc) is 2.18. The van der Waals surface area contributed by atoms with E-state index in [9.17, 15) is 4.79 Å². The fourth-order valence-electron chi connectivity index (χ4n) is 1.33. The van der Waals surface area contributed by atoms with E-state index in [1.165, 1.54) is 6.07 Å². The van der Waals surface area contributed by atoms with Gasteiger partial charge in [0, 0.05) is 16.1 Å².